The first-order valence-corrected chi connectivity index (χ1v) is 16.3. The number of nitrogens with one attached hydrogen (secondary N) is 3. The van der Waals surface area contributed by atoms with Crippen molar-refractivity contribution in [1.82, 2.24) is 26.1 Å². The standard InChI is InChI=1S/C35H47N5O5/c1-21(2)29-31(42)37-23(4)32(43)40-18-7-9-27(39-40)30(41)36-22(3)26-13-12-25-11-10-24(19-28(25)38-26)14-17-35(33(44)45-29)16-8-15-34(5,6)20-35/h10-14,17,19,21-23,27,29,39H,7-9,15-16,18,20H2,1-6H3,(H,36,41)(H,37,42)/b17-14+/t22-,23+,27?,29+,35+/m1/s1. The first-order chi connectivity index (χ1) is 21.3. The molecule has 5 atom stereocenters. The van der Waals surface area contributed by atoms with E-state index in [9.17, 15) is 19.2 Å². The van der Waals surface area contributed by atoms with Crippen LogP contribution in [0.4, 0.5) is 0 Å². The van der Waals surface area contributed by atoms with Crippen LogP contribution >= 0.6 is 0 Å². The van der Waals surface area contributed by atoms with Gasteiger partial charge in [0.25, 0.3) is 11.8 Å². The van der Waals surface area contributed by atoms with E-state index < -0.39 is 35.5 Å². The molecule has 3 amide bonds. The van der Waals surface area contributed by atoms with Crippen LogP contribution in [-0.4, -0.2) is 58.4 Å². The van der Waals surface area contributed by atoms with Crippen LogP contribution in [0.25, 0.3) is 17.0 Å². The highest BCUT2D eigenvalue weighted by Crippen LogP contribution is 2.48. The van der Waals surface area contributed by atoms with E-state index in [1.807, 2.05) is 63.3 Å². The molecule has 10 heteroatoms. The minimum atomic E-state index is -1.07. The Morgan fingerprint density at radius 2 is 1.69 bits per heavy atom. The van der Waals surface area contributed by atoms with E-state index in [0.29, 0.717) is 32.2 Å². The fraction of sp³-hybridized carbons (Fsp3) is 0.571. The SMILES string of the molecule is CC(C)[C@@H]1OC(=O)[C@]2(/C=C/c3ccc4ccc(nc4c3)[C@@H](C)NC(=O)C3CCCN(N3)C(=O)[C@H](C)NC1=O)CCCC(C)(C)C2. The Balaban J connectivity index is 1.55. The second-order valence-corrected chi connectivity index (χ2v) is 14.2. The number of hydrazine groups is 1. The molecule has 1 unspecified atom stereocenters. The molecule has 2 fully saturated rings. The molecular formula is C35H47N5O5. The van der Waals surface area contributed by atoms with Crippen LogP contribution in [0.1, 0.15) is 97.4 Å². The third-order valence-electron chi connectivity index (χ3n) is 9.41. The van der Waals surface area contributed by atoms with Crippen LogP contribution < -0.4 is 16.1 Å². The lowest BCUT2D eigenvalue weighted by Crippen LogP contribution is -2.61. The van der Waals surface area contributed by atoms with Crippen LogP contribution in [0, 0.1) is 16.7 Å². The number of fused-ring (bicyclic) bond motifs is 4. The van der Waals surface area contributed by atoms with Gasteiger partial charge < -0.3 is 15.4 Å². The summed E-state index contributed by atoms with van der Waals surface area (Å²) in [5.74, 6) is -1.86. The fourth-order valence-electron chi connectivity index (χ4n) is 6.89. The largest absolute Gasteiger partial charge is 0.451 e. The van der Waals surface area contributed by atoms with Crippen molar-refractivity contribution in [1.29, 1.82) is 0 Å². The lowest BCUT2D eigenvalue weighted by atomic mass is 9.63. The van der Waals surface area contributed by atoms with Gasteiger partial charge in [-0.25, -0.2) is 5.43 Å². The van der Waals surface area contributed by atoms with Crippen molar-refractivity contribution in [3.63, 3.8) is 0 Å². The molecule has 0 radical (unpaired) electrons. The van der Waals surface area contributed by atoms with Crippen molar-refractivity contribution < 1.29 is 23.9 Å². The van der Waals surface area contributed by atoms with Crippen LogP contribution in [0.15, 0.2) is 36.4 Å². The van der Waals surface area contributed by atoms with Gasteiger partial charge in [-0.3, -0.25) is 29.2 Å². The number of carbonyl (C=O) groups excluding carboxylic acids is 4. The van der Waals surface area contributed by atoms with Gasteiger partial charge in [-0.1, -0.05) is 64.5 Å². The third-order valence-corrected chi connectivity index (χ3v) is 9.41. The van der Waals surface area contributed by atoms with Crippen molar-refractivity contribution in [2.75, 3.05) is 6.54 Å². The molecular weight excluding hydrogens is 570 g/mol. The number of rotatable bonds is 1. The van der Waals surface area contributed by atoms with Crippen molar-refractivity contribution >= 4 is 40.7 Å². The molecule has 2 aromatic rings. The molecule has 1 saturated carbocycles. The molecule has 242 valence electrons. The molecule has 1 spiro atoms. The number of aromatic nitrogens is 1. The van der Waals surface area contributed by atoms with Gasteiger partial charge >= 0.3 is 5.97 Å². The third kappa shape index (κ3) is 7.21. The van der Waals surface area contributed by atoms with Crippen LogP contribution in [0.3, 0.4) is 0 Å². The number of hydrogen-bond donors (Lipinski definition) is 3. The summed E-state index contributed by atoms with van der Waals surface area (Å²) in [6, 6.07) is 8.00. The Bertz CT molecular complexity index is 1500. The normalized spacial score (nSPS) is 30.6. The second-order valence-electron chi connectivity index (χ2n) is 14.2. The molecule has 1 saturated heterocycles. The Labute approximate surface area is 265 Å². The number of cyclic esters (lactones) is 1. The van der Waals surface area contributed by atoms with Gasteiger partial charge in [-0.15, -0.1) is 0 Å². The summed E-state index contributed by atoms with van der Waals surface area (Å²) in [5, 5.41) is 8.19. The molecule has 3 N–H and O–H groups in total. The molecule has 1 aliphatic carbocycles. The zero-order valence-corrected chi connectivity index (χ0v) is 27.3. The Kier molecular flexibility index (Phi) is 9.35. The maximum Gasteiger partial charge on any atom is 0.316 e. The van der Waals surface area contributed by atoms with Crippen molar-refractivity contribution in [3.8, 4) is 0 Å². The molecule has 3 heterocycles. The van der Waals surface area contributed by atoms with E-state index in [4.69, 9.17) is 9.72 Å². The first-order valence-electron chi connectivity index (χ1n) is 16.3. The highest BCUT2D eigenvalue weighted by molar-refractivity contribution is 5.92. The van der Waals surface area contributed by atoms with Crippen molar-refractivity contribution in [2.24, 2.45) is 16.7 Å². The molecule has 3 aliphatic rings. The highest BCUT2D eigenvalue weighted by Gasteiger charge is 2.46. The van der Waals surface area contributed by atoms with E-state index in [2.05, 4.69) is 29.9 Å². The predicted molar refractivity (Wildman–Crippen MR) is 172 cm³/mol. The summed E-state index contributed by atoms with van der Waals surface area (Å²) in [6.07, 6.45) is 7.07. The predicted octanol–water partition coefficient (Wildman–Crippen LogP) is 4.59. The van der Waals surface area contributed by atoms with Crippen LogP contribution in [0.2, 0.25) is 0 Å². The zero-order valence-electron chi connectivity index (χ0n) is 27.3. The van der Waals surface area contributed by atoms with E-state index in [1.165, 1.54) is 5.01 Å². The molecule has 1 aromatic carbocycles. The average molecular weight is 618 g/mol. The second kappa shape index (κ2) is 12.9. The molecule has 5 bridgehead atoms. The summed E-state index contributed by atoms with van der Waals surface area (Å²) < 4.78 is 6.07. The summed E-state index contributed by atoms with van der Waals surface area (Å²) in [6.45, 7) is 11.9. The zero-order chi connectivity index (χ0) is 32.5. The quantitative estimate of drug-likeness (QED) is 0.399. The summed E-state index contributed by atoms with van der Waals surface area (Å²) >= 11 is 0. The highest BCUT2D eigenvalue weighted by atomic mass is 16.5. The lowest BCUT2D eigenvalue weighted by molar-refractivity contribution is -0.169. The van der Waals surface area contributed by atoms with E-state index >= 15 is 0 Å². The molecule has 45 heavy (non-hydrogen) atoms. The van der Waals surface area contributed by atoms with Gasteiger partial charge in [-0.05, 0) is 75.0 Å². The smallest absolute Gasteiger partial charge is 0.316 e. The number of hydrogen-bond acceptors (Lipinski definition) is 7. The number of amides is 3. The van der Waals surface area contributed by atoms with Crippen molar-refractivity contribution in [3.05, 3.63) is 47.7 Å². The maximum absolute atomic E-state index is 14.1. The summed E-state index contributed by atoms with van der Waals surface area (Å²) in [4.78, 5) is 59.2. The van der Waals surface area contributed by atoms with Gasteiger partial charge in [0.2, 0.25) is 5.91 Å². The molecule has 5 rings (SSSR count). The number of carbonyl (C=O) groups is 4. The average Bonchev–Trinajstić information content (AvgIpc) is 3.00. The van der Waals surface area contributed by atoms with E-state index in [0.717, 1.165) is 35.0 Å². The minimum Gasteiger partial charge on any atom is -0.451 e. The van der Waals surface area contributed by atoms with E-state index in [-0.39, 0.29) is 29.2 Å². The number of ether oxygens (including phenoxy) is 1. The number of pyridine rings is 1. The Morgan fingerprint density at radius 3 is 2.42 bits per heavy atom. The van der Waals surface area contributed by atoms with Crippen molar-refractivity contribution in [2.45, 2.75) is 104 Å². The van der Waals surface area contributed by atoms with Crippen LogP contribution in [-0.2, 0) is 23.9 Å². The molecule has 2 aliphatic heterocycles. The monoisotopic (exact) mass is 617 g/mol. The number of esters is 1. The number of benzene rings is 1. The van der Waals surface area contributed by atoms with Gasteiger partial charge in [0.15, 0.2) is 6.10 Å². The maximum atomic E-state index is 14.1. The van der Waals surface area contributed by atoms with Gasteiger partial charge in [0.1, 0.15) is 12.1 Å². The lowest BCUT2D eigenvalue weighted by Gasteiger charge is -2.42. The summed E-state index contributed by atoms with van der Waals surface area (Å²) in [7, 11) is 0. The Hall–Kier alpha value is -3.79. The van der Waals surface area contributed by atoms with E-state index in [1.54, 1.807) is 6.92 Å². The van der Waals surface area contributed by atoms with Gasteiger partial charge in [0.05, 0.1) is 22.7 Å². The summed E-state index contributed by atoms with van der Waals surface area (Å²) in [5.41, 5.74) is 4.44. The Morgan fingerprint density at radius 1 is 0.956 bits per heavy atom. The van der Waals surface area contributed by atoms with Gasteiger partial charge in [0, 0.05) is 11.9 Å². The first kappa shape index (κ1) is 32.6. The number of nitrogens with zero attached hydrogens (tertiary/aromatic N) is 2. The van der Waals surface area contributed by atoms with Crippen LogP contribution in [0.5, 0.6) is 0 Å². The minimum absolute atomic E-state index is 0.0931. The van der Waals surface area contributed by atoms with Gasteiger partial charge in [-0.2, -0.15) is 0 Å². The fourth-order valence-corrected chi connectivity index (χ4v) is 6.89. The molecule has 10 nitrogen and oxygen atoms in total. The topological polar surface area (TPSA) is 130 Å². The molecule has 1 aromatic heterocycles.